The maximum atomic E-state index is 12.8. The zero-order valence-electron chi connectivity index (χ0n) is 13.6. The molecule has 0 aromatic heterocycles. The number of nitrogens with two attached hydrogens (primary N) is 1. The fourth-order valence-electron chi connectivity index (χ4n) is 4.93. The number of carbonyl (C=O) groups excluding carboxylic acids is 1. The molecule has 2 fully saturated rings. The van der Waals surface area contributed by atoms with E-state index in [0.29, 0.717) is 23.9 Å². The topological polar surface area (TPSA) is 67.1 Å². The number of rotatable bonds is 2. The summed E-state index contributed by atoms with van der Waals surface area (Å²) in [7, 11) is 0. The molecule has 1 aromatic carbocycles. The van der Waals surface area contributed by atoms with E-state index >= 15 is 0 Å². The first-order valence-corrected chi connectivity index (χ1v) is 9.07. The van der Waals surface area contributed by atoms with Crippen LogP contribution in [0.1, 0.15) is 43.2 Å². The molecular weight excluding hydrogens is 286 g/mol. The summed E-state index contributed by atoms with van der Waals surface area (Å²) in [4.78, 5) is 12.8. The molecular formula is C19H27N3O. The van der Waals surface area contributed by atoms with Gasteiger partial charge in [0.05, 0.1) is 6.04 Å². The second-order valence-corrected chi connectivity index (χ2v) is 7.62. The van der Waals surface area contributed by atoms with Gasteiger partial charge in [0.15, 0.2) is 0 Å². The highest BCUT2D eigenvalue weighted by Gasteiger charge is 2.40. The normalized spacial score (nSPS) is 36.1. The van der Waals surface area contributed by atoms with Gasteiger partial charge >= 0.3 is 0 Å². The number of carbonyl (C=O) groups is 1. The zero-order chi connectivity index (χ0) is 15.8. The van der Waals surface area contributed by atoms with Crippen LogP contribution in [-0.2, 0) is 17.8 Å². The molecule has 0 radical (unpaired) electrons. The highest BCUT2D eigenvalue weighted by Crippen LogP contribution is 2.39. The Hall–Kier alpha value is -1.39. The minimum absolute atomic E-state index is 0.0961. The Morgan fingerprint density at radius 1 is 1.13 bits per heavy atom. The van der Waals surface area contributed by atoms with Crippen molar-refractivity contribution in [2.75, 3.05) is 0 Å². The standard InChI is InChI=1S/C19H27N3O/c20-16-8-13-6-3-7-14(9-16)18(13)22-19(23)17-10-12-4-1-2-5-15(12)11-21-17/h1-2,4-5,13-14,16-18,21H,3,6-11,20H2,(H,22,23). The highest BCUT2D eigenvalue weighted by atomic mass is 16.2. The van der Waals surface area contributed by atoms with Crippen LogP contribution in [0.15, 0.2) is 24.3 Å². The van der Waals surface area contributed by atoms with E-state index in [4.69, 9.17) is 5.73 Å². The molecule has 4 rings (SSSR count). The summed E-state index contributed by atoms with van der Waals surface area (Å²) in [6.07, 6.45) is 6.67. The van der Waals surface area contributed by atoms with Gasteiger partial charge in [-0.15, -0.1) is 0 Å². The molecule has 3 atom stereocenters. The van der Waals surface area contributed by atoms with E-state index in [1.807, 2.05) is 0 Å². The van der Waals surface area contributed by atoms with Gasteiger partial charge in [-0.25, -0.2) is 0 Å². The van der Waals surface area contributed by atoms with Crippen molar-refractivity contribution in [3.8, 4) is 0 Å². The van der Waals surface area contributed by atoms with Gasteiger partial charge < -0.3 is 16.4 Å². The van der Waals surface area contributed by atoms with E-state index in [9.17, 15) is 4.79 Å². The van der Waals surface area contributed by atoms with E-state index in [1.54, 1.807) is 0 Å². The number of hydrogen-bond acceptors (Lipinski definition) is 3. The molecule has 23 heavy (non-hydrogen) atoms. The van der Waals surface area contributed by atoms with Crippen LogP contribution in [0.2, 0.25) is 0 Å². The van der Waals surface area contributed by atoms with Gasteiger partial charge in [0, 0.05) is 18.6 Å². The molecule has 2 aliphatic carbocycles. The van der Waals surface area contributed by atoms with Gasteiger partial charge in [0.25, 0.3) is 0 Å². The number of hydrogen-bond donors (Lipinski definition) is 3. The lowest BCUT2D eigenvalue weighted by Crippen LogP contribution is -2.58. The molecule has 4 N–H and O–H groups in total. The van der Waals surface area contributed by atoms with E-state index in [1.165, 1.54) is 30.4 Å². The molecule has 4 heteroatoms. The first-order chi connectivity index (χ1) is 11.2. The Morgan fingerprint density at radius 3 is 2.57 bits per heavy atom. The SMILES string of the molecule is NC1CC2CCCC(C1)C2NC(=O)C1Cc2ccccc2CN1. The molecule has 3 aliphatic rings. The Balaban J connectivity index is 1.42. The largest absolute Gasteiger partial charge is 0.351 e. The van der Waals surface area contributed by atoms with E-state index < -0.39 is 0 Å². The van der Waals surface area contributed by atoms with Crippen LogP contribution in [0.4, 0.5) is 0 Å². The molecule has 2 bridgehead atoms. The van der Waals surface area contributed by atoms with Crippen molar-refractivity contribution < 1.29 is 4.79 Å². The van der Waals surface area contributed by atoms with Crippen LogP contribution in [0.3, 0.4) is 0 Å². The van der Waals surface area contributed by atoms with Gasteiger partial charge in [0.1, 0.15) is 0 Å². The molecule has 3 unspecified atom stereocenters. The van der Waals surface area contributed by atoms with Gasteiger partial charge in [0.2, 0.25) is 5.91 Å². The molecule has 4 nitrogen and oxygen atoms in total. The van der Waals surface area contributed by atoms with Crippen molar-refractivity contribution in [3.05, 3.63) is 35.4 Å². The number of nitrogens with one attached hydrogen (secondary N) is 2. The first-order valence-electron chi connectivity index (χ1n) is 9.07. The van der Waals surface area contributed by atoms with Crippen molar-refractivity contribution in [1.82, 2.24) is 10.6 Å². The minimum Gasteiger partial charge on any atom is -0.351 e. The maximum Gasteiger partial charge on any atom is 0.237 e. The molecule has 2 saturated carbocycles. The maximum absolute atomic E-state index is 12.8. The van der Waals surface area contributed by atoms with Crippen LogP contribution in [0, 0.1) is 11.8 Å². The Kier molecular flexibility index (Phi) is 4.12. The van der Waals surface area contributed by atoms with Crippen LogP contribution in [0.25, 0.3) is 0 Å². The lowest BCUT2D eigenvalue weighted by Gasteiger charge is -2.45. The lowest BCUT2D eigenvalue weighted by atomic mass is 9.67. The van der Waals surface area contributed by atoms with Crippen molar-refractivity contribution in [2.24, 2.45) is 17.6 Å². The third-order valence-corrected chi connectivity index (χ3v) is 6.08. The first kappa shape index (κ1) is 15.2. The molecule has 1 aliphatic heterocycles. The van der Waals surface area contributed by atoms with Crippen LogP contribution in [-0.4, -0.2) is 24.0 Å². The number of benzene rings is 1. The fraction of sp³-hybridized carbons (Fsp3) is 0.632. The molecule has 0 spiro atoms. The summed E-state index contributed by atoms with van der Waals surface area (Å²) in [5, 5.41) is 6.79. The van der Waals surface area contributed by atoms with Gasteiger partial charge in [-0.05, 0) is 55.1 Å². The highest BCUT2D eigenvalue weighted by molar-refractivity contribution is 5.82. The molecule has 1 aromatic rings. The monoisotopic (exact) mass is 313 g/mol. The molecule has 124 valence electrons. The van der Waals surface area contributed by atoms with Crippen molar-refractivity contribution >= 4 is 5.91 Å². The second-order valence-electron chi connectivity index (χ2n) is 7.62. The van der Waals surface area contributed by atoms with Crippen LogP contribution in [0.5, 0.6) is 0 Å². The molecule has 1 heterocycles. The van der Waals surface area contributed by atoms with E-state index in [0.717, 1.165) is 25.8 Å². The average molecular weight is 313 g/mol. The Labute approximate surface area is 138 Å². The van der Waals surface area contributed by atoms with E-state index in [2.05, 4.69) is 34.9 Å². The third kappa shape index (κ3) is 3.02. The van der Waals surface area contributed by atoms with Gasteiger partial charge in [-0.2, -0.15) is 0 Å². The second kappa shape index (κ2) is 6.25. The van der Waals surface area contributed by atoms with Crippen molar-refractivity contribution in [3.63, 3.8) is 0 Å². The average Bonchev–Trinajstić information content (AvgIpc) is 2.55. The minimum atomic E-state index is -0.0961. The summed E-state index contributed by atoms with van der Waals surface area (Å²) in [5.41, 5.74) is 8.81. The van der Waals surface area contributed by atoms with Crippen molar-refractivity contribution in [2.45, 2.75) is 63.2 Å². The predicted octanol–water partition coefficient (Wildman–Crippen LogP) is 1.72. The summed E-state index contributed by atoms with van der Waals surface area (Å²) in [6, 6.07) is 8.99. The van der Waals surface area contributed by atoms with E-state index in [-0.39, 0.29) is 11.9 Å². The Bertz CT molecular complexity index is 574. The van der Waals surface area contributed by atoms with Gasteiger partial charge in [-0.1, -0.05) is 30.7 Å². The van der Waals surface area contributed by atoms with Crippen LogP contribution < -0.4 is 16.4 Å². The lowest BCUT2D eigenvalue weighted by molar-refractivity contribution is -0.125. The molecule has 1 amide bonds. The molecule has 0 saturated heterocycles. The fourth-order valence-corrected chi connectivity index (χ4v) is 4.93. The number of amides is 1. The number of fused-ring (bicyclic) bond motifs is 3. The summed E-state index contributed by atoms with van der Waals surface area (Å²) >= 11 is 0. The predicted molar refractivity (Wildman–Crippen MR) is 90.7 cm³/mol. The quantitative estimate of drug-likeness (QED) is 0.779. The smallest absolute Gasteiger partial charge is 0.237 e. The van der Waals surface area contributed by atoms with Crippen molar-refractivity contribution in [1.29, 1.82) is 0 Å². The summed E-state index contributed by atoms with van der Waals surface area (Å²) in [5.74, 6) is 1.34. The summed E-state index contributed by atoms with van der Waals surface area (Å²) in [6.45, 7) is 0.788. The van der Waals surface area contributed by atoms with Crippen LogP contribution >= 0.6 is 0 Å². The van der Waals surface area contributed by atoms with Gasteiger partial charge in [-0.3, -0.25) is 4.79 Å². The summed E-state index contributed by atoms with van der Waals surface area (Å²) < 4.78 is 0. The zero-order valence-corrected chi connectivity index (χ0v) is 13.6. The Morgan fingerprint density at radius 2 is 1.83 bits per heavy atom. The third-order valence-electron chi connectivity index (χ3n) is 6.08.